The number of nitrogens with one attached hydrogen (secondary N) is 1. The number of hydrogen-bond donors (Lipinski definition) is 1. The first-order chi connectivity index (χ1) is 18.4. The van der Waals surface area contributed by atoms with Crippen LogP contribution >= 0.6 is 0 Å². The van der Waals surface area contributed by atoms with E-state index in [1.165, 1.54) is 25.4 Å². The van der Waals surface area contributed by atoms with Gasteiger partial charge in [-0.3, -0.25) is 4.79 Å². The smallest absolute Gasteiger partial charge is 0.341 e. The first-order valence-corrected chi connectivity index (χ1v) is 11.8. The Morgan fingerprint density at radius 3 is 2.47 bits per heavy atom. The molecule has 0 saturated carbocycles. The fourth-order valence-corrected chi connectivity index (χ4v) is 4.15. The van der Waals surface area contributed by atoms with Gasteiger partial charge in [-0.25, -0.2) is 19.2 Å². The van der Waals surface area contributed by atoms with E-state index >= 15 is 0 Å². The lowest BCUT2D eigenvalue weighted by molar-refractivity contribution is -0.148. The molecule has 0 saturated heterocycles. The van der Waals surface area contributed by atoms with Crippen LogP contribution in [0.4, 0.5) is 9.18 Å². The number of aromatic nitrogens is 1. The number of benzene rings is 2. The molecule has 1 aliphatic rings. The number of carbonyl (C=O) groups excluding carboxylic acids is 2. The molecule has 2 atom stereocenters. The van der Waals surface area contributed by atoms with Gasteiger partial charge in [-0.05, 0) is 53.8 Å². The zero-order chi connectivity index (χ0) is 27.1. The van der Waals surface area contributed by atoms with Crippen molar-refractivity contribution in [2.75, 3.05) is 14.2 Å². The van der Waals surface area contributed by atoms with E-state index in [0.29, 0.717) is 35.6 Å². The number of pyridine rings is 1. The summed E-state index contributed by atoms with van der Waals surface area (Å²) in [4.78, 5) is 34.3. The molecule has 38 heavy (non-hydrogen) atoms. The van der Waals surface area contributed by atoms with Crippen molar-refractivity contribution in [3.05, 3.63) is 88.9 Å². The molecule has 10 heteroatoms. The van der Waals surface area contributed by atoms with Gasteiger partial charge in [-0.2, -0.15) is 5.26 Å². The number of halogens is 1. The molecule has 4 rings (SSSR count). The van der Waals surface area contributed by atoms with Crippen molar-refractivity contribution in [2.24, 2.45) is 10.9 Å². The monoisotopic (exact) mass is 516 g/mol. The highest BCUT2D eigenvalue weighted by Gasteiger charge is 2.39. The Labute approximate surface area is 218 Å². The fraction of sp³-hybridized carbons (Fsp3) is 0.250. The highest BCUT2D eigenvalue weighted by Crippen LogP contribution is 2.30. The second-order valence-electron chi connectivity index (χ2n) is 8.52. The van der Waals surface area contributed by atoms with E-state index in [1.54, 1.807) is 25.3 Å². The van der Waals surface area contributed by atoms with E-state index in [9.17, 15) is 14.0 Å². The lowest BCUT2D eigenvalue weighted by atomic mass is 9.86. The van der Waals surface area contributed by atoms with Crippen LogP contribution in [0.1, 0.15) is 34.7 Å². The summed E-state index contributed by atoms with van der Waals surface area (Å²) in [5.41, 5.74) is 2.23. The number of rotatable bonds is 9. The molecule has 2 aromatic carbocycles. The first-order valence-electron chi connectivity index (χ1n) is 11.8. The Kier molecular flexibility index (Phi) is 8.28. The number of ether oxygens (including phenoxy) is 3. The van der Waals surface area contributed by atoms with Crippen molar-refractivity contribution in [1.29, 1.82) is 5.26 Å². The summed E-state index contributed by atoms with van der Waals surface area (Å²) in [6, 6.07) is 15.2. The fourth-order valence-electron chi connectivity index (χ4n) is 4.15. The topological polar surface area (TPSA) is 123 Å². The third-order valence-corrected chi connectivity index (χ3v) is 6.16. The average Bonchev–Trinajstić information content (AvgIpc) is 2.95. The molecule has 1 aliphatic heterocycles. The summed E-state index contributed by atoms with van der Waals surface area (Å²) in [5.74, 6) is -1.11. The van der Waals surface area contributed by atoms with Gasteiger partial charge in [0.25, 0.3) is 0 Å². The lowest BCUT2D eigenvalue weighted by Crippen LogP contribution is -2.45. The van der Waals surface area contributed by atoms with Crippen LogP contribution in [0.15, 0.2) is 65.8 Å². The molecule has 1 aromatic heterocycles. The molecule has 0 fully saturated rings. The third-order valence-electron chi connectivity index (χ3n) is 6.16. The Balaban J connectivity index is 1.59. The molecule has 0 spiro atoms. The van der Waals surface area contributed by atoms with Crippen LogP contribution in [-0.2, 0) is 22.6 Å². The number of urea groups is 1. The Morgan fingerprint density at radius 1 is 1.05 bits per heavy atom. The summed E-state index contributed by atoms with van der Waals surface area (Å²) in [5, 5.41) is 11.8. The van der Waals surface area contributed by atoms with Crippen molar-refractivity contribution in [3.63, 3.8) is 0 Å². The Morgan fingerprint density at radius 2 is 1.82 bits per heavy atom. The van der Waals surface area contributed by atoms with Crippen molar-refractivity contribution < 1.29 is 28.2 Å². The maximum atomic E-state index is 13.7. The van der Waals surface area contributed by atoms with Gasteiger partial charge in [0.15, 0.2) is 0 Å². The van der Waals surface area contributed by atoms with E-state index in [0.717, 1.165) is 17.4 Å². The molecular formula is C28H25FN4O5. The molecule has 3 aromatic rings. The summed E-state index contributed by atoms with van der Waals surface area (Å²) in [7, 11) is 3.07. The molecular weight excluding hydrogens is 491 g/mol. The largest absolute Gasteiger partial charge is 0.497 e. The van der Waals surface area contributed by atoms with Crippen LogP contribution in [-0.4, -0.2) is 36.9 Å². The van der Waals surface area contributed by atoms with Gasteiger partial charge in [0, 0.05) is 18.0 Å². The second-order valence-corrected chi connectivity index (χ2v) is 8.52. The number of amides is 2. The van der Waals surface area contributed by atoms with Crippen LogP contribution in [0, 0.1) is 23.1 Å². The van der Waals surface area contributed by atoms with Crippen LogP contribution in [0.2, 0.25) is 0 Å². The van der Waals surface area contributed by atoms with Gasteiger partial charge in [-0.1, -0.05) is 24.3 Å². The van der Waals surface area contributed by atoms with E-state index < -0.39 is 29.8 Å². The van der Waals surface area contributed by atoms with Crippen LogP contribution in [0.5, 0.6) is 11.6 Å². The van der Waals surface area contributed by atoms with E-state index in [4.69, 9.17) is 19.5 Å². The molecule has 0 bridgehead atoms. The van der Waals surface area contributed by atoms with Crippen molar-refractivity contribution in [1.82, 2.24) is 10.3 Å². The van der Waals surface area contributed by atoms with Crippen LogP contribution in [0.25, 0.3) is 0 Å². The highest BCUT2D eigenvalue weighted by molar-refractivity contribution is 6.09. The number of aryl methyl sites for hydroxylation is 1. The predicted molar refractivity (Wildman–Crippen MR) is 135 cm³/mol. The number of methoxy groups -OCH3 is 2. The number of esters is 1. The minimum Gasteiger partial charge on any atom is -0.497 e. The molecule has 0 aliphatic carbocycles. The number of carbonyl (C=O) groups is 2. The van der Waals surface area contributed by atoms with Crippen LogP contribution in [0.3, 0.4) is 0 Å². The lowest BCUT2D eigenvalue weighted by Gasteiger charge is -2.31. The van der Waals surface area contributed by atoms with E-state index in [2.05, 4.69) is 15.3 Å². The molecule has 1 N–H and O–H groups in total. The summed E-state index contributed by atoms with van der Waals surface area (Å²) in [6.45, 7) is -0.183. The summed E-state index contributed by atoms with van der Waals surface area (Å²) in [6.07, 6.45) is 2.38. The quantitative estimate of drug-likeness (QED) is 0.421. The Hall–Kier alpha value is -4.78. The van der Waals surface area contributed by atoms with Gasteiger partial charge in [0.1, 0.15) is 30.2 Å². The molecule has 0 radical (unpaired) electrons. The number of hydrogen-bond acceptors (Lipinski definition) is 7. The molecule has 9 nitrogen and oxygen atoms in total. The maximum absolute atomic E-state index is 13.7. The van der Waals surface area contributed by atoms with Gasteiger partial charge in [0.2, 0.25) is 5.88 Å². The van der Waals surface area contributed by atoms with E-state index in [1.807, 2.05) is 24.3 Å². The maximum Gasteiger partial charge on any atom is 0.341 e. The molecule has 2 heterocycles. The normalized spacial score (nSPS) is 16.6. The number of nitrogens with zero attached hydrogens (tertiary/aromatic N) is 3. The van der Waals surface area contributed by atoms with Gasteiger partial charge in [-0.15, -0.1) is 0 Å². The molecule has 194 valence electrons. The summed E-state index contributed by atoms with van der Waals surface area (Å²) < 4.78 is 29.6. The highest BCUT2D eigenvalue weighted by atomic mass is 19.1. The molecule has 2 amide bonds. The van der Waals surface area contributed by atoms with Gasteiger partial charge < -0.3 is 19.5 Å². The van der Waals surface area contributed by atoms with Gasteiger partial charge in [0.05, 0.1) is 25.8 Å². The SMILES string of the molecule is COc1ccc(CCC2=NC(=O)NC(c3ccc(OC)nc3)C2C(=O)OCc2ccc(F)c(C#N)c2)cc1. The standard InChI is InChI=1S/C28H25FN4O5/c1-36-21-8-3-17(4-9-21)6-11-23-25(27(34)38-16-18-5-10-22(29)20(13-18)14-30)26(33-28(35)32-23)19-7-12-24(37-2)31-15-19/h3-5,7-10,12-13,15,25-26H,6,11,16H2,1-2H3,(H,33,35). The Bertz CT molecular complexity index is 1380. The predicted octanol–water partition coefficient (Wildman–Crippen LogP) is 4.31. The van der Waals surface area contributed by atoms with Crippen LogP contribution < -0.4 is 14.8 Å². The second kappa shape index (κ2) is 12.0. The number of aliphatic imine (C=N–C) groups is 1. The van der Waals surface area contributed by atoms with Crippen molar-refractivity contribution in [3.8, 4) is 17.7 Å². The van der Waals surface area contributed by atoms with Crippen molar-refractivity contribution >= 4 is 17.7 Å². The number of nitriles is 1. The third kappa shape index (κ3) is 6.13. The minimum absolute atomic E-state index is 0.146. The molecule has 2 unspecified atom stereocenters. The first kappa shape index (κ1) is 26.3. The van der Waals surface area contributed by atoms with Crippen molar-refractivity contribution in [2.45, 2.75) is 25.5 Å². The van der Waals surface area contributed by atoms with Gasteiger partial charge >= 0.3 is 12.0 Å². The van der Waals surface area contributed by atoms with E-state index in [-0.39, 0.29) is 12.2 Å². The zero-order valence-electron chi connectivity index (χ0n) is 20.8. The zero-order valence-corrected chi connectivity index (χ0v) is 20.8. The average molecular weight is 517 g/mol. The summed E-state index contributed by atoms with van der Waals surface area (Å²) >= 11 is 0. The minimum atomic E-state index is -0.933.